The van der Waals surface area contributed by atoms with E-state index >= 15 is 0 Å². The summed E-state index contributed by atoms with van der Waals surface area (Å²) in [5, 5.41) is 0. The van der Waals surface area contributed by atoms with Crippen LogP contribution in [0.25, 0.3) is 0 Å². The molecule has 0 fully saturated rings. The van der Waals surface area contributed by atoms with Gasteiger partial charge in [-0.15, -0.1) is 0 Å². The molecule has 0 spiro atoms. The summed E-state index contributed by atoms with van der Waals surface area (Å²) in [5.41, 5.74) is 3.80. The monoisotopic (exact) mass is 386 g/mol. The summed E-state index contributed by atoms with van der Waals surface area (Å²) in [6, 6.07) is 16.2. The highest BCUT2D eigenvalue weighted by molar-refractivity contribution is 7.89. The molecular formula is C22H30N2O2S. The van der Waals surface area contributed by atoms with E-state index in [0.29, 0.717) is 10.9 Å². The second-order valence-corrected chi connectivity index (χ2v) is 9.66. The second kappa shape index (κ2) is 8.03. The summed E-state index contributed by atoms with van der Waals surface area (Å²) < 4.78 is 27.8. The molecule has 2 aromatic rings. The zero-order valence-corrected chi connectivity index (χ0v) is 17.5. The standard InChI is InChI=1S/C22H30N2O2S/c1-16(2)18(4)23-27(25,26)21-13-10-19(11-14-21)15-24-17(3)9-12-20-7-5-6-8-22(20)24/h5-8,10-11,13-14,16-18,23H,9,12,15H2,1-4H3/t17-,18-/m0/s1. The maximum absolute atomic E-state index is 12.5. The molecule has 4 nitrogen and oxygen atoms in total. The SMILES string of the molecule is CC(C)[C@H](C)NS(=O)(=O)c1ccc(CN2c3ccccc3CC[C@@H]2C)cc1. The lowest BCUT2D eigenvalue weighted by atomic mass is 9.96. The fourth-order valence-corrected chi connectivity index (χ4v) is 4.81. The Hall–Kier alpha value is -1.85. The molecule has 0 saturated heterocycles. The predicted octanol–water partition coefficient (Wildman–Crippen LogP) is 4.35. The molecule has 2 atom stereocenters. The van der Waals surface area contributed by atoms with E-state index in [9.17, 15) is 8.42 Å². The maximum Gasteiger partial charge on any atom is 0.240 e. The first kappa shape index (κ1) is 19.9. The molecule has 0 aromatic heterocycles. The van der Waals surface area contributed by atoms with Crippen molar-refractivity contribution in [1.29, 1.82) is 0 Å². The molecule has 0 radical (unpaired) electrons. The van der Waals surface area contributed by atoms with Gasteiger partial charge in [0.25, 0.3) is 0 Å². The third-order valence-corrected chi connectivity index (χ3v) is 7.17. The first-order valence-corrected chi connectivity index (χ1v) is 11.2. The Bertz CT molecular complexity index is 875. The van der Waals surface area contributed by atoms with Gasteiger partial charge < -0.3 is 4.90 Å². The number of hydrogen-bond donors (Lipinski definition) is 1. The Morgan fingerprint density at radius 1 is 1.07 bits per heavy atom. The van der Waals surface area contributed by atoms with Crippen molar-refractivity contribution in [2.75, 3.05) is 4.90 Å². The summed E-state index contributed by atoms with van der Waals surface area (Å²) >= 11 is 0. The van der Waals surface area contributed by atoms with Crippen molar-refractivity contribution in [2.24, 2.45) is 5.92 Å². The van der Waals surface area contributed by atoms with Crippen molar-refractivity contribution >= 4 is 15.7 Å². The van der Waals surface area contributed by atoms with E-state index in [-0.39, 0.29) is 12.0 Å². The quantitative estimate of drug-likeness (QED) is 0.803. The summed E-state index contributed by atoms with van der Waals surface area (Å²) in [7, 11) is -3.48. The van der Waals surface area contributed by atoms with Crippen LogP contribution in [-0.2, 0) is 23.0 Å². The van der Waals surface area contributed by atoms with Gasteiger partial charge >= 0.3 is 0 Å². The maximum atomic E-state index is 12.5. The number of aryl methyl sites for hydroxylation is 1. The van der Waals surface area contributed by atoms with Crippen LogP contribution in [0, 0.1) is 5.92 Å². The van der Waals surface area contributed by atoms with Gasteiger partial charge in [0.1, 0.15) is 0 Å². The molecular weight excluding hydrogens is 356 g/mol. The highest BCUT2D eigenvalue weighted by Gasteiger charge is 2.23. The highest BCUT2D eigenvalue weighted by atomic mass is 32.2. The average molecular weight is 387 g/mol. The number of sulfonamides is 1. The highest BCUT2D eigenvalue weighted by Crippen LogP contribution is 2.31. The first-order valence-electron chi connectivity index (χ1n) is 9.74. The van der Waals surface area contributed by atoms with Crippen molar-refractivity contribution in [2.45, 2.75) is 64.1 Å². The summed E-state index contributed by atoms with van der Waals surface area (Å²) in [5.74, 6) is 0.250. The van der Waals surface area contributed by atoms with E-state index in [2.05, 4.69) is 40.8 Å². The van der Waals surface area contributed by atoms with E-state index in [1.54, 1.807) is 12.1 Å². The topological polar surface area (TPSA) is 49.4 Å². The molecule has 0 unspecified atom stereocenters. The van der Waals surface area contributed by atoms with E-state index in [1.807, 2.05) is 32.9 Å². The lowest BCUT2D eigenvalue weighted by molar-refractivity contribution is 0.476. The third-order valence-electron chi connectivity index (χ3n) is 5.59. The van der Waals surface area contributed by atoms with Gasteiger partial charge in [-0.3, -0.25) is 0 Å². The van der Waals surface area contributed by atoms with Gasteiger partial charge in [-0.05, 0) is 61.9 Å². The molecule has 1 aliphatic rings. The Morgan fingerprint density at radius 2 is 1.74 bits per heavy atom. The van der Waals surface area contributed by atoms with Crippen LogP contribution in [0.3, 0.4) is 0 Å². The van der Waals surface area contributed by atoms with Gasteiger partial charge in [0, 0.05) is 24.3 Å². The number of anilines is 1. The van der Waals surface area contributed by atoms with Crippen molar-refractivity contribution in [1.82, 2.24) is 4.72 Å². The lowest BCUT2D eigenvalue weighted by Crippen LogP contribution is -2.37. The molecule has 3 rings (SSSR count). The van der Waals surface area contributed by atoms with Crippen LogP contribution in [0.1, 0.15) is 45.2 Å². The van der Waals surface area contributed by atoms with E-state index < -0.39 is 10.0 Å². The van der Waals surface area contributed by atoms with Crippen molar-refractivity contribution in [3.8, 4) is 0 Å². The van der Waals surface area contributed by atoms with Gasteiger partial charge in [0.15, 0.2) is 0 Å². The van der Waals surface area contributed by atoms with E-state index in [1.165, 1.54) is 11.3 Å². The Kier molecular flexibility index (Phi) is 5.92. The molecule has 1 N–H and O–H groups in total. The van der Waals surface area contributed by atoms with Crippen LogP contribution in [0.15, 0.2) is 53.4 Å². The van der Waals surface area contributed by atoms with Crippen LogP contribution in [0.4, 0.5) is 5.69 Å². The number of para-hydroxylation sites is 1. The average Bonchev–Trinajstić information content (AvgIpc) is 2.64. The molecule has 1 aliphatic heterocycles. The number of nitrogens with zero attached hydrogens (tertiary/aromatic N) is 1. The lowest BCUT2D eigenvalue weighted by Gasteiger charge is -2.37. The predicted molar refractivity (Wildman–Crippen MR) is 111 cm³/mol. The smallest absolute Gasteiger partial charge is 0.240 e. The molecule has 146 valence electrons. The Balaban J connectivity index is 1.77. The molecule has 5 heteroatoms. The number of nitrogens with one attached hydrogen (secondary N) is 1. The van der Waals surface area contributed by atoms with Crippen molar-refractivity contribution < 1.29 is 8.42 Å². The summed E-state index contributed by atoms with van der Waals surface area (Å²) in [6.45, 7) is 8.95. The molecule has 0 saturated carbocycles. The number of rotatable bonds is 6. The van der Waals surface area contributed by atoms with Gasteiger partial charge in [0.2, 0.25) is 10.0 Å². The molecule has 0 aliphatic carbocycles. The van der Waals surface area contributed by atoms with Crippen LogP contribution < -0.4 is 9.62 Å². The minimum atomic E-state index is -3.48. The van der Waals surface area contributed by atoms with Crippen LogP contribution >= 0.6 is 0 Å². The molecule has 1 heterocycles. The zero-order chi connectivity index (χ0) is 19.6. The minimum absolute atomic E-state index is 0.0969. The van der Waals surface area contributed by atoms with Crippen molar-refractivity contribution in [3.05, 3.63) is 59.7 Å². The summed E-state index contributed by atoms with van der Waals surface area (Å²) in [6.07, 6.45) is 2.26. The zero-order valence-electron chi connectivity index (χ0n) is 16.6. The fraction of sp³-hybridized carbons (Fsp3) is 0.455. The Labute approximate surface area is 163 Å². The normalized spacial score (nSPS) is 18.4. The number of fused-ring (bicyclic) bond motifs is 1. The van der Waals surface area contributed by atoms with Gasteiger partial charge in [-0.25, -0.2) is 13.1 Å². The molecule has 0 amide bonds. The van der Waals surface area contributed by atoms with Crippen LogP contribution in [0.5, 0.6) is 0 Å². The van der Waals surface area contributed by atoms with Crippen molar-refractivity contribution in [3.63, 3.8) is 0 Å². The van der Waals surface area contributed by atoms with E-state index in [0.717, 1.165) is 24.9 Å². The van der Waals surface area contributed by atoms with Gasteiger partial charge in [-0.2, -0.15) is 0 Å². The van der Waals surface area contributed by atoms with Crippen LogP contribution in [-0.4, -0.2) is 20.5 Å². The van der Waals surface area contributed by atoms with Crippen LogP contribution in [0.2, 0.25) is 0 Å². The minimum Gasteiger partial charge on any atom is -0.364 e. The molecule has 2 aromatic carbocycles. The number of hydrogen-bond acceptors (Lipinski definition) is 3. The largest absolute Gasteiger partial charge is 0.364 e. The van der Waals surface area contributed by atoms with Gasteiger partial charge in [0.05, 0.1) is 4.90 Å². The molecule has 27 heavy (non-hydrogen) atoms. The fourth-order valence-electron chi connectivity index (χ4n) is 3.42. The third kappa shape index (κ3) is 4.53. The first-order chi connectivity index (χ1) is 12.8. The number of benzene rings is 2. The summed E-state index contributed by atoms with van der Waals surface area (Å²) in [4.78, 5) is 2.74. The van der Waals surface area contributed by atoms with Gasteiger partial charge in [-0.1, -0.05) is 44.2 Å². The van der Waals surface area contributed by atoms with E-state index in [4.69, 9.17) is 0 Å². The Morgan fingerprint density at radius 3 is 2.41 bits per heavy atom. The molecule has 0 bridgehead atoms. The second-order valence-electron chi connectivity index (χ2n) is 7.94.